The van der Waals surface area contributed by atoms with Gasteiger partial charge in [-0.15, -0.1) is 0 Å². The van der Waals surface area contributed by atoms with Gasteiger partial charge in [0.25, 0.3) is 0 Å². The number of methoxy groups -OCH3 is 2. The third-order valence-electron chi connectivity index (χ3n) is 19.6. The van der Waals surface area contributed by atoms with Crippen molar-refractivity contribution >= 4 is 17.7 Å². The Balaban J connectivity index is 0.927. The molecule has 4 heterocycles. The highest BCUT2D eigenvalue weighted by Gasteiger charge is 2.75. The fraction of sp³-hybridized carbons (Fsp3) is 0.842. The molecule has 4 saturated heterocycles. The van der Waals surface area contributed by atoms with Crippen molar-refractivity contribution < 1.29 is 117 Å². The van der Waals surface area contributed by atoms with Crippen LogP contribution in [0.15, 0.2) is 34.9 Å². The third-order valence-corrected chi connectivity index (χ3v) is 19.6. The van der Waals surface area contributed by atoms with E-state index in [1.165, 1.54) is 21.1 Å². The molecule has 9 N–H and O–H groups in total. The minimum Gasteiger partial charge on any atom is -0.455 e. The molecule has 4 aliphatic heterocycles. The normalized spacial score (nSPS) is 48.5. The van der Waals surface area contributed by atoms with Crippen molar-refractivity contribution in [3.63, 3.8) is 0 Å². The highest BCUT2D eigenvalue weighted by atomic mass is 16.8. The molecule has 0 aromatic heterocycles. The molecule has 0 spiro atoms. The molecule has 0 radical (unpaired) electrons. The van der Waals surface area contributed by atoms with Crippen molar-refractivity contribution in [3.05, 3.63) is 34.9 Å². The number of ketones is 1. The van der Waals surface area contributed by atoms with Crippen LogP contribution in [-0.2, 0) is 71.2 Å². The highest BCUT2D eigenvalue weighted by molar-refractivity contribution is 5.89. The molecule has 0 aromatic carbocycles. The summed E-state index contributed by atoms with van der Waals surface area (Å²) in [5.74, 6) is -2.95. The molecule has 8 aliphatic rings. The zero-order chi connectivity index (χ0) is 59.4. The van der Waals surface area contributed by atoms with Crippen molar-refractivity contribution in [2.24, 2.45) is 28.6 Å². The van der Waals surface area contributed by atoms with E-state index in [2.05, 4.69) is 13.0 Å². The molecule has 0 bridgehead atoms. The maximum Gasteiger partial charge on any atom is 0.333 e. The first-order valence-corrected chi connectivity index (χ1v) is 28.5. The summed E-state index contributed by atoms with van der Waals surface area (Å²) in [5.41, 5.74) is -1.64. The number of ether oxygens (including phenoxy) is 12. The minimum atomic E-state index is -1.87. The molecule has 7 unspecified atom stereocenters. The van der Waals surface area contributed by atoms with Gasteiger partial charge in [-0.3, -0.25) is 4.79 Å². The predicted molar refractivity (Wildman–Crippen MR) is 279 cm³/mol. The molecule has 0 amide bonds. The largest absolute Gasteiger partial charge is 0.455 e. The van der Waals surface area contributed by atoms with Gasteiger partial charge in [-0.2, -0.15) is 0 Å². The van der Waals surface area contributed by atoms with Gasteiger partial charge in [-0.1, -0.05) is 37.6 Å². The zero-order valence-electron chi connectivity index (χ0n) is 48.2. The number of esters is 2. The molecule has 28 atom stereocenters. The van der Waals surface area contributed by atoms with E-state index in [1.54, 1.807) is 53.7 Å². The molecule has 460 valence electrons. The van der Waals surface area contributed by atoms with Gasteiger partial charge in [0.05, 0.1) is 43.2 Å². The Hall–Kier alpha value is -2.93. The quantitative estimate of drug-likeness (QED) is 0.0537. The number of rotatable bonds is 17. The Morgan fingerprint density at radius 2 is 1.23 bits per heavy atom. The van der Waals surface area contributed by atoms with E-state index in [-0.39, 0.29) is 18.3 Å². The van der Waals surface area contributed by atoms with Crippen LogP contribution in [0.5, 0.6) is 0 Å². The lowest BCUT2D eigenvalue weighted by molar-refractivity contribution is -0.384. The van der Waals surface area contributed by atoms with Gasteiger partial charge in [0.1, 0.15) is 91.2 Å². The second-order valence-electron chi connectivity index (χ2n) is 24.0. The summed E-state index contributed by atoms with van der Waals surface area (Å²) < 4.78 is 73.6. The van der Waals surface area contributed by atoms with Crippen LogP contribution < -0.4 is 0 Å². The second-order valence-corrected chi connectivity index (χ2v) is 24.0. The van der Waals surface area contributed by atoms with E-state index >= 15 is 0 Å². The van der Waals surface area contributed by atoms with Crippen LogP contribution in [0.25, 0.3) is 0 Å². The summed E-state index contributed by atoms with van der Waals surface area (Å²) in [6, 6.07) is 0. The number of carbonyl (C=O) groups is 3. The molecule has 8 rings (SSSR count). The number of Topliss-reactive ketones (excluding diaryl/α,β-unsaturated/α-hetero) is 1. The van der Waals surface area contributed by atoms with E-state index < -0.39 is 188 Å². The lowest BCUT2D eigenvalue weighted by Crippen LogP contribution is -2.72. The Morgan fingerprint density at radius 1 is 0.654 bits per heavy atom. The molecule has 24 nitrogen and oxygen atoms in total. The molecular formula is C57H88O24. The van der Waals surface area contributed by atoms with Gasteiger partial charge in [-0.05, 0) is 98.3 Å². The number of hydrogen-bond acceptors (Lipinski definition) is 24. The van der Waals surface area contributed by atoms with Gasteiger partial charge in [0.15, 0.2) is 25.2 Å². The van der Waals surface area contributed by atoms with Crippen LogP contribution in [0.4, 0.5) is 0 Å². The van der Waals surface area contributed by atoms with Crippen molar-refractivity contribution in [1.29, 1.82) is 0 Å². The molecule has 0 aromatic rings. The van der Waals surface area contributed by atoms with Crippen molar-refractivity contribution in [2.45, 2.75) is 248 Å². The molecule has 3 saturated carbocycles. The minimum absolute atomic E-state index is 0.136. The predicted octanol–water partition coefficient (Wildman–Crippen LogP) is 0.295. The third kappa shape index (κ3) is 11.7. The number of allylic oxidation sites excluding steroid dienone is 3. The van der Waals surface area contributed by atoms with E-state index in [4.69, 9.17) is 56.8 Å². The van der Waals surface area contributed by atoms with Gasteiger partial charge in [-0.25, -0.2) is 9.59 Å². The summed E-state index contributed by atoms with van der Waals surface area (Å²) in [6.07, 6.45) is -19.9. The molecule has 4 aliphatic carbocycles. The maximum absolute atomic E-state index is 13.9. The summed E-state index contributed by atoms with van der Waals surface area (Å²) in [7, 11) is 2.84. The lowest BCUT2D eigenvalue weighted by Gasteiger charge is -2.64. The lowest BCUT2D eigenvalue weighted by atomic mass is 9.44. The van der Waals surface area contributed by atoms with E-state index in [0.717, 1.165) is 5.57 Å². The number of aliphatic hydroxyl groups is 9. The SMILES string of the molecule is C/C=C(\C)C(=O)O[C@H]1[C@H]2[C@@H](CC=C3C[C@@H](O[C@H]4C[C@@H](OC)[C@H](O[C@@H]5OC(C)[C@@H](O[C@@H]6OC(CO)[C@@H](O[C@@H]7OC(CO)[C@@H](O)[C@H](O)C7O)[C@H](O)C6O)[C@H](OC)C5O)C(C)O4)CC[C@@]32C)[C@@]2(O)CC[C@H](C(C)=O)[C@@]2(C)[C@@H]1OC(=O)/C(C)=C/C. The van der Waals surface area contributed by atoms with Crippen LogP contribution >= 0.6 is 0 Å². The first-order chi connectivity index (χ1) is 38.3. The number of carbonyl (C=O) groups excluding carboxylic acids is 3. The molecule has 7 fully saturated rings. The van der Waals surface area contributed by atoms with Crippen molar-refractivity contribution in [2.75, 3.05) is 27.4 Å². The van der Waals surface area contributed by atoms with Gasteiger partial charge in [0, 0.05) is 49.0 Å². The van der Waals surface area contributed by atoms with Crippen LogP contribution in [0, 0.1) is 28.6 Å². The molecule has 81 heavy (non-hydrogen) atoms. The van der Waals surface area contributed by atoms with Crippen molar-refractivity contribution in [3.8, 4) is 0 Å². The Morgan fingerprint density at radius 3 is 1.84 bits per heavy atom. The Labute approximate surface area is 472 Å². The summed E-state index contributed by atoms with van der Waals surface area (Å²) in [5, 5.41) is 98.3. The van der Waals surface area contributed by atoms with E-state index in [0.29, 0.717) is 49.7 Å². The smallest absolute Gasteiger partial charge is 0.333 e. The summed E-state index contributed by atoms with van der Waals surface area (Å²) in [6.45, 7) is 14.0. The number of aliphatic hydroxyl groups excluding tert-OH is 8. The topological polar surface area (TPSA) is 344 Å². The second kappa shape index (κ2) is 25.6. The van der Waals surface area contributed by atoms with Crippen LogP contribution in [0.2, 0.25) is 0 Å². The van der Waals surface area contributed by atoms with Gasteiger partial charge in [0.2, 0.25) is 0 Å². The summed E-state index contributed by atoms with van der Waals surface area (Å²) in [4.78, 5) is 41.2. The van der Waals surface area contributed by atoms with Gasteiger partial charge >= 0.3 is 11.9 Å². The van der Waals surface area contributed by atoms with Crippen LogP contribution in [-0.4, -0.2) is 232 Å². The highest BCUT2D eigenvalue weighted by Crippen LogP contribution is 2.69. The first kappa shape index (κ1) is 64.1. The monoisotopic (exact) mass is 1160 g/mol. The van der Waals surface area contributed by atoms with E-state index in [1.807, 2.05) is 6.92 Å². The Bertz CT molecular complexity index is 2310. The maximum atomic E-state index is 13.9. The first-order valence-electron chi connectivity index (χ1n) is 28.5. The number of fused-ring (bicyclic) bond motifs is 5. The van der Waals surface area contributed by atoms with Crippen molar-refractivity contribution in [1.82, 2.24) is 0 Å². The van der Waals surface area contributed by atoms with Gasteiger partial charge < -0.3 is 103 Å². The number of hydrogen-bond donors (Lipinski definition) is 9. The Kier molecular flexibility index (Phi) is 20.2. The zero-order valence-corrected chi connectivity index (χ0v) is 48.2. The summed E-state index contributed by atoms with van der Waals surface area (Å²) >= 11 is 0. The van der Waals surface area contributed by atoms with Crippen LogP contribution in [0.1, 0.15) is 107 Å². The molecule has 24 heteroatoms. The average Bonchev–Trinajstić information content (AvgIpc) is 3.87. The fourth-order valence-electron chi connectivity index (χ4n) is 14.6. The van der Waals surface area contributed by atoms with Crippen LogP contribution in [0.3, 0.4) is 0 Å². The standard InChI is InChI=1S/C57H88O24/c1-12-24(3)50(67)77-47-37-32(57(69)19-17-31(26(5)60)56(57,9)49(47)81-51(68)25(4)13-2)15-14-29-20-30(16-18-55(29,37)8)74-36-21-33(70-10)44(27(6)72-36)78-54-43(66)48(71-11)45(28(7)73-54)79-53-42(65)40(63)46(35(23-59)76-53)80-52-41(64)39(62)38(61)34(22-58)75-52/h12-14,27-28,30-49,52-54,58-59,61-66,69H,15-23H2,1-11H3/b24-12+,25-13+/t27?,28?,30-,31+,32+,33+,34?,35?,36-,37+,38+,39-,40+,41?,42?,43?,44+,45+,46+,47-,48+,49+,52-,53-,54-,55-,56-,57-/m0/s1. The fourth-order valence-corrected chi connectivity index (χ4v) is 14.6. The molecular weight excluding hydrogens is 1070 g/mol. The van der Waals surface area contributed by atoms with E-state index in [9.17, 15) is 60.3 Å². The average molecular weight is 1160 g/mol.